The number of ketones is 2. The Kier molecular flexibility index (Phi) is 7.70. The topological polar surface area (TPSA) is 82.8 Å². The van der Waals surface area contributed by atoms with Gasteiger partial charge in [0.15, 0.2) is 18.2 Å². The maximum atomic E-state index is 12.2. The Balaban J connectivity index is 2.04. The van der Waals surface area contributed by atoms with Gasteiger partial charge in [0.05, 0.1) is 0 Å². The van der Waals surface area contributed by atoms with E-state index in [4.69, 9.17) is 13.9 Å². The number of hydrogen-bond donors (Lipinski definition) is 0. The van der Waals surface area contributed by atoms with E-state index in [1.54, 1.807) is 32.9 Å². The van der Waals surface area contributed by atoms with Gasteiger partial charge in [-0.05, 0) is 36.2 Å². The Hall–Kier alpha value is -2.89. The van der Waals surface area contributed by atoms with Crippen LogP contribution >= 0.6 is 0 Å². The first kappa shape index (κ1) is 25.4. The SMILES string of the molecule is Cc1cc(C(C)c2ccc(C(=O)OCC(=O)C(C)(C)C)o2)ccc1OCC(=O)C(C)(C)C. The van der Waals surface area contributed by atoms with Crippen LogP contribution in [0.5, 0.6) is 5.75 Å². The molecule has 0 aliphatic carbocycles. The molecule has 0 aliphatic heterocycles. The van der Waals surface area contributed by atoms with Gasteiger partial charge in [-0.2, -0.15) is 0 Å². The van der Waals surface area contributed by atoms with Crippen molar-refractivity contribution in [3.05, 3.63) is 53.0 Å². The summed E-state index contributed by atoms with van der Waals surface area (Å²) in [5.74, 6) is 0.425. The maximum absolute atomic E-state index is 12.2. The van der Waals surface area contributed by atoms with Crippen molar-refractivity contribution in [3.63, 3.8) is 0 Å². The van der Waals surface area contributed by atoms with Crippen LogP contribution in [0.2, 0.25) is 0 Å². The first-order valence-corrected chi connectivity index (χ1v) is 10.8. The highest BCUT2D eigenvalue weighted by atomic mass is 16.5. The third-order valence-electron chi connectivity index (χ3n) is 5.32. The van der Waals surface area contributed by atoms with E-state index in [1.807, 2.05) is 52.8 Å². The second kappa shape index (κ2) is 9.72. The normalized spacial score (nSPS) is 12.9. The first-order valence-electron chi connectivity index (χ1n) is 10.8. The number of hydrogen-bond acceptors (Lipinski definition) is 6. The van der Waals surface area contributed by atoms with E-state index in [0.29, 0.717) is 11.5 Å². The average Bonchev–Trinajstić information content (AvgIpc) is 3.18. The van der Waals surface area contributed by atoms with Gasteiger partial charge < -0.3 is 13.9 Å². The molecule has 1 aromatic carbocycles. The van der Waals surface area contributed by atoms with Crippen molar-refractivity contribution in [1.82, 2.24) is 0 Å². The Morgan fingerprint density at radius 2 is 1.50 bits per heavy atom. The molecule has 0 N–H and O–H groups in total. The Morgan fingerprint density at radius 3 is 2.06 bits per heavy atom. The molecule has 0 amide bonds. The largest absolute Gasteiger partial charge is 0.486 e. The molecule has 6 heteroatoms. The van der Waals surface area contributed by atoms with E-state index in [2.05, 4.69) is 0 Å². The van der Waals surface area contributed by atoms with Crippen molar-refractivity contribution in [1.29, 1.82) is 0 Å². The fourth-order valence-corrected chi connectivity index (χ4v) is 2.74. The van der Waals surface area contributed by atoms with Crippen LogP contribution in [0.15, 0.2) is 34.7 Å². The number of carbonyl (C=O) groups is 3. The third kappa shape index (κ3) is 6.55. The first-order chi connectivity index (χ1) is 14.7. The lowest BCUT2D eigenvalue weighted by molar-refractivity contribution is -0.129. The predicted molar refractivity (Wildman–Crippen MR) is 122 cm³/mol. The smallest absolute Gasteiger partial charge is 0.374 e. The van der Waals surface area contributed by atoms with Crippen LogP contribution in [-0.4, -0.2) is 30.7 Å². The highest BCUT2D eigenvalue weighted by Crippen LogP contribution is 2.30. The Morgan fingerprint density at radius 1 is 0.906 bits per heavy atom. The van der Waals surface area contributed by atoms with Crippen molar-refractivity contribution in [2.24, 2.45) is 10.8 Å². The van der Waals surface area contributed by atoms with Gasteiger partial charge in [-0.25, -0.2) is 4.79 Å². The summed E-state index contributed by atoms with van der Waals surface area (Å²) in [4.78, 5) is 36.3. The number of rotatable bonds is 8. The molecule has 0 radical (unpaired) electrons. The summed E-state index contributed by atoms with van der Waals surface area (Å²) >= 11 is 0. The lowest BCUT2D eigenvalue weighted by atomic mass is 9.91. The van der Waals surface area contributed by atoms with Crippen LogP contribution in [0.4, 0.5) is 0 Å². The molecule has 0 spiro atoms. The van der Waals surface area contributed by atoms with Gasteiger partial charge in [0, 0.05) is 16.7 Å². The summed E-state index contributed by atoms with van der Waals surface area (Å²) in [6.07, 6.45) is 0. The molecule has 6 nitrogen and oxygen atoms in total. The van der Waals surface area contributed by atoms with Gasteiger partial charge in [-0.15, -0.1) is 0 Å². The molecule has 1 aromatic heterocycles. The standard InChI is InChI=1S/C26H34O6/c1-16-13-18(9-10-19(16)30-14-22(27)25(3,4)5)17(2)20-11-12-21(32-20)24(29)31-15-23(28)26(6,7)8/h9-13,17H,14-15H2,1-8H3. The number of carbonyl (C=O) groups excluding carboxylic acids is 3. The van der Waals surface area contributed by atoms with Crippen LogP contribution in [-0.2, 0) is 14.3 Å². The summed E-state index contributed by atoms with van der Waals surface area (Å²) in [5, 5.41) is 0. The van der Waals surface area contributed by atoms with Gasteiger partial charge in [-0.3, -0.25) is 9.59 Å². The predicted octanol–water partition coefficient (Wildman–Crippen LogP) is 5.51. The summed E-state index contributed by atoms with van der Waals surface area (Å²) in [7, 11) is 0. The number of esters is 1. The molecule has 1 atom stereocenters. The van der Waals surface area contributed by atoms with E-state index in [1.165, 1.54) is 0 Å². The number of furan rings is 1. The zero-order valence-electron chi connectivity index (χ0n) is 20.3. The lowest BCUT2D eigenvalue weighted by Crippen LogP contribution is -2.26. The van der Waals surface area contributed by atoms with Gasteiger partial charge in [-0.1, -0.05) is 60.6 Å². The molecule has 174 valence electrons. The van der Waals surface area contributed by atoms with E-state index in [0.717, 1.165) is 11.1 Å². The fraction of sp³-hybridized carbons (Fsp3) is 0.500. The summed E-state index contributed by atoms with van der Waals surface area (Å²) in [6, 6.07) is 9.02. The molecule has 0 fully saturated rings. The number of ether oxygens (including phenoxy) is 2. The molecule has 2 aromatic rings. The van der Waals surface area contributed by atoms with Crippen LogP contribution in [0, 0.1) is 17.8 Å². The second-order valence-corrected chi connectivity index (χ2v) is 10.2. The molecular formula is C26H34O6. The molecule has 1 unspecified atom stereocenters. The van der Waals surface area contributed by atoms with Gasteiger partial charge in [0.1, 0.15) is 18.1 Å². The van der Waals surface area contributed by atoms with Crippen molar-refractivity contribution < 1.29 is 28.3 Å². The average molecular weight is 443 g/mol. The lowest BCUT2D eigenvalue weighted by Gasteiger charge is -2.18. The molecule has 0 saturated heterocycles. The van der Waals surface area contributed by atoms with Crippen molar-refractivity contribution in [2.75, 3.05) is 13.2 Å². The second-order valence-electron chi connectivity index (χ2n) is 10.2. The minimum Gasteiger partial charge on any atom is -0.486 e. The summed E-state index contributed by atoms with van der Waals surface area (Å²) in [5.41, 5.74) is 0.870. The minimum absolute atomic E-state index is 0.0284. The highest BCUT2D eigenvalue weighted by Gasteiger charge is 2.25. The molecule has 0 aliphatic rings. The van der Waals surface area contributed by atoms with Gasteiger partial charge in [0.2, 0.25) is 5.76 Å². The maximum Gasteiger partial charge on any atom is 0.374 e. The molecule has 0 bridgehead atoms. The number of benzene rings is 1. The van der Waals surface area contributed by atoms with E-state index >= 15 is 0 Å². The zero-order chi connectivity index (χ0) is 24.3. The van der Waals surface area contributed by atoms with Gasteiger partial charge >= 0.3 is 5.97 Å². The van der Waals surface area contributed by atoms with Crippen LogP contribution in [0.25, 0.3) is 0 Å². The van der Waals surface area contributed by atoms with E-state index < -0.39 is 16.8 Å². The van der Waals surface area contributed by atoms with Crippen molar-refractivity contribution in [3.8, 4) is 5.75 Å². The number of aryl methyl sites for hydroxylation is 1. The molecule has 1 heterocycles. The molecule has 0 saturated carbocycles. The van der Waals surface area contributed by atoms with Crippen LogP contribution in [0.1, 0.15) is 81.8 Å². The molecule has 32 heavy (non-hydrogen) atoms. The van der Waals surface area contributed by atoms with Crippen LogP contribution < -0.4 is 4.74 Å². The zero-order valence-corrected chi connectivity index (χ0v) is 20.3. The van der Waals surface area contributed by atoms with E-state index in [-0.39, 0.29) is 36.5 Å². The van der Waals surface area contributed by atoms with Gasteiger partial charge in [0.25, 0.3) is 0 Å². The fourth-order valence-electron chi connectivity index (χ4n) is 2.74. The summed E-state index contributed by atoms with van der Waals surface area (Å²) in [6.45, 7) is 14.6. The highest BCUT2D eigenvalue weighted by molar-refractivity contribution is 5.91. The quantitative estimate of drug-likeness (QED) is 0.502. The van der Waals surface area contributed by atoms with Crippen molar-refractivity contribution >= 4 is 17.5 Å². The van der Waals surface area contributed by atoms with Crippen LogP contribution in [0.3, 0.4) is 0 Å². The summed E-state index contributed by atoms with van der Waals surface area (Å²) < 4.78 is 16.5. The monoisotopic (exact) mass is 442 g/mol. The molecule has 2 rings (SSSR count). The van der Waals surface area contributed by atoms with Crippen molar-refractivity contribution in [2.45, 2.75) is 61.3 Å². The molecular weight excluding hydrogens is 408 g/mol. The Labute approximate surface area is 190 Å². The Bertz CT molecular complexity index is 984. The number of Topliss-reactive ketones (excluding diaryl/α,β-unsaturated/α-hetero) is 2. The third-order valence-corrected chi connectivity index (χ3v) is 5.32. The minimum atomic E-state index is -0.663. The van der Waals surface area contributed by atoms with E-state index in [9.17, 15) is 14.4 Å².